The number of carbonyl (C=O) groups is 1. The monoisotopic (exact) mass is 380 g/mol. The summed E-state index contributed by atoms with van der Waals surface area (Å²) in [6.07, 6.45) is 3.10. The fourth-order valence-electron chi connectivity index (χ4n) is 4.99. The zero-order valence-corrected chi connectivity index (χ0v) is 16.1. The molecular formula is C22H24N2O4. The van der Waals surface area contributed by atoms with Gasteiger partial charge in [0, 0.05) is 30.1 Å². The van der Waals surface area contributed by atoms with Gasteiger partial charge in [-0.05, 0) is 43.0 Å². The molecule has 2 saturated heterocycles. The Hall–Kier alpha value is -2.73. The van der Waals surface area contributed by atoms with Crippen molar-refractivity contribution in [3.63, 3.8) is 0 Å². The maximum Gasteiger partial charge on any atom is 0.310 e. The number of nitro benzene ring substituents is 1. The van der Waals surface area contributed by atoms with Gasteiger partial charge in [0.25, 0.3) is 5.69 Å². The summed E-state index contributed by atoms with van der Waals surface area (Å²) in [5, 5.41) is 11.0. The van der Waals surface area contributed by atoms with E-state index in [9.17, 15) is 14.9 Å². The molecule has 0 radical (unpaired) electrons. The second-order valence-corrected chi connectivity index (χ2v) is 7.78. The van der Waals surface area contributed by atoms with Gasteiger partial charge in [0.15, 0.2) is 0 Å². The normalized spacial score (nSPS) is 26.8. The predicted octanol–water partition coefficient (Wildman–Crippen LogP) is 4.00. The molecule has 0 aliphatic carbocycles. The average molecular weight is 380 g/mol. The first-order valence-corrected chi connectivity index (χ1v) is 9.64. The molecule has 6 nitrogen and oxygen atoms in total. The minimum absolute atomic E-state index is 0.0826. The third-order valence-electron chi connectivity index (χ3n) is 6.47. The highest BCUT2D eigenvalue weighted by Gasteiger charge is 2.49. The van der Waals surface area contributed by atoms with Crippen LogP contribution in [0.1, 0.15) is 30.7 Å². The molecule has 2 aliphatic heterocycles. The van der Waals surface area contributed by atoms with E-state index in [4.69, 9.17) is 4.74 Å². The van der Waals surface area contributed by atoms with Gasteiger partial charge in [0.05, 0.1) is 18.0 Å². The van der Waals surface area contributed by atoms with Gasteiger partial charge in [-0.15, -0.1) is 0 Å². The van der Waals surface area contributed by atoms with Gasteiger partial charge in [0.2, 0.25) is 0 Å². The van der Waals surface area contributed by atoms with Crippen LogP contribution in [0.3, 0.4) is 0 Å². The predicted molar refractivity (Wildman–Crippen MR) is 106 cm³/mol. The fourth-order valence-corrected chi connectivity index (χ4v) is 4.99. The first-order valence-electron chi connectivity index (χ1n) is 9.64. The van der Waals surface area contributed by atoms with Crippen LogP contribution in [-0.4, -0.2) is 42.0 Å². The van der Waals surface area contributed by atoms with Gasteiger partial charge in [-0.3, -0.25) is 19.8 Å². The van der Waals surface area contributed by atoms with Gasteiger partial charge < -0.3 is 4.74 Å². The van der Waals surface area contributed by atoms with Gasteiger partial charge >= 0.3 is 5.97 Å². The van der Waals surface area contributed by atoms with E-state index in [2.05, 4.69) is 24.1 Å². The lowest BCUT2D eigenvalue weighted by atomic mass is 9.76. The number of hydrogen-bond acceptors (Lipinski definition) is 5. The number of rotatable bonds is 4. The zero-order valence-electron chi connectivity index (χ0n) is 16.1. The second-order valence-electron chi connectivity index (χ2n) is 7.78. The Labute approximate surface area is 164 Å². The Morgan fingerprint density at radius 1 is 1.14 bits per heavy atom. The molecule has 0 amide bonds. The molecule has 146 valence electrons. The third-order valence-corrected chi connectivity index (χ3v) is 6.47. The Kier molecular flexibility index (Phi) is 4.89. The summed E-state index contributed by atoms with van der Waals surface area (Å²) in [5.41, 5.74) is 2.96. The molecule has 2 aliphatic rings. The molecule has 2 bridgehead atoms. The lowest BCUT2D eigenvalue weighted by molar-refractivity contribution is -0.384. The number of carbonyl (C=O) groups excluding carboxylic acids is 1. The topological polar surface area (TPSA) is 72.7 Å². The van der Waals surface area contributed by atoms with E-state index in [1.54, 1.807) is 12.1 Å². The van der Waals surface area contributed by atoms with Gasteiger partial charge in [-0.25, -0.2) is 0 Å². The summed E-state index contributed by atoms with van der Waals surface area (Å²) in [4.78, 5) is 25.5. The number of methoxy groups -OCH3 is 1. The van der Waals surface area contributed by atoms with Crippen LogP contribution < -0.4 is 0 Å². The van der Waals surface area contributed by atoms with Crippen molar-refractivity contribution in [2.45, 2.75) is 37.3 Å². The van der Waals surface area contributed by atoms with E-state index in [0.717, 1.165) is 36.0 Å². The molecule has 4 atom stereocenters. The molecule has 2 aromatic rings. The van der Waals surface area contributed by atoms with E-state index < -0.39 is 0 Å². The highest BCUT2D eigenvalue weighted by molar-refractivity contribution is 5.75. The molecule has 4 rings (SSSR count). The van der Waals surface area contributed by atoms with Gasteiger partial charge in [0.1, 0.15) is 0 Å². The molecule has 2 fully saturated rings. The molecular weight excluding hydrogens is 356 g/mol. The molecule has 6 heteroatoms. The van der Waals surface area contributed by atoms with E-state index in [1.165, 1.54) is 13.2 Å². The highest BCUT2D eigenvalue weighted by Crippen LogP contribution is 2.46. The number of non-ortho nitro benzene ring substituents is 1. The van der Waals surface area contributed by atoms with E-state index in [1.807, 2.05) is 18.2 Å². The van der Waals surface area contributed by atoms with Crippen LogP contribution in [-0.2, 0) is 9.53 Å². The minimum atomic E-state index is -0.382. The lowest BCUT2D eigenvalue weighted by Gasteiger charge is -2.41. The van der Waals surface area contributed by atoms with Crippen molar-refractivity contribution in [2.24, 2.45) is 5.92 Å². The number of hydrogen-bond donors (Lipinski definition) is 0. The standard InChI is InChI=1S/C22H24N2O4/c1-23-17-10-11-20(23)21(22(25)28-2)19(13-17)15-8-6-14(7-9-15)16-4-3-5-18(12-16)24(26)27/h3-9,12,17,19-21H,10-11,13H2,1-2H3/t17-,19+,20+,21-/m0/s1. The van der Waals surface area contributed by atoms with Crippen molar-refractivity contribution >= 4 is 11.7 Å². The largest absolute Gasteiger partial charge is 0.469 e. The molecule has 0 unspecified atom stereocenters. The first-order chi connectivity index (χ1) is 13.5. The number of esters is 1. The van der Waals surface area contributed by atoms with Crippen molar-refractivity contribution in [1.29, 1.82) is 0 Å². The van der Waals surface area contributed by atoms with E-state index >= 15 is 0 Å². The number of nitrogens with zero attached hydrogens (tertiary/aromatic N) is 2. The Balaban J connectivity index is 1.63. The van der Waals surface area contributed by atoms with Crippen LogP contribution in [0, 0.1) is 16.0 Å². The third kappa shape index (κ3) is 3.18. The zero-order chi connectivity index (χ0) is 19.8. The highest BCUT2D eigenvalue weighted by atomic mass is 16.6. The van der Waals surface area contributed by atoms with Crippen molar-refractivity contribution in [1.82, 2.24) is 4.90 Å². The van der Waals surface area contributed by atoms with Crippen molar-refractivity contribution < 1.29 is 14.5 Å². The number of piperidine rings is 1. The average Bonchev–Trinajstić information content (AvgIpc) is 2.95. The molecule has 0 N–H and O–H groups in total. The maximum atomic E-state index is 12.6. The number of benzene rings is 2. The Bertz CT molecular complexity index is 896. The molecule has 28 heavy (non-hydrogen) atoms. The van der Waals surface area contributed by atoms with Gasteiger partial charge in [-0.2, -0.15) is 0 Å². The fraction of sp³-hybridized carbons (Fsp3) is 0.409. The molecule has 2 heterocycles. The summed E-state index contributed by atoms with van der Waals surface area (Å²) in [6, 6.07) is 15.5. The lowest BCUT2D eigenvalue weighted by Crippen LogP contribution is -2.49. The quantitative estimate of drug-likeness (QED) is 0.455. The number of ether oxygens (including phenoxy) is 1. The summed E-state index contributed by atoms with van der Waals surface area (Å²) in [5.74, 6) is -0.150. The van der Waals surface area contributed by atoms with Gasteiger partial charge in [-0.1, -0.05) is 36.4 Å². The van der Waals surface area contributed by atoms with Crippen LogP contribution in [0.25, 0.3) is 11.1 Å². The second kappa shape index (κ2) is 7.36. The summed E-state index contributed by atoms with van der Waals surface area (Å²) in [6.45, 7) is 0. The minimum Gasteiger partial charge on any atom is -0.469 e. The van der Waals surface area contributed by atoms with Crippen molar-refractivity contribution in [3.8, 4) is 11.1 Å². The molecule has 2 aromatic carbocycles. The number of fused-ring (bicyclic) bond motifs is 2. The molecule has 0 aromatic heterocycles. The maximum absolute atomic E-state index is 12.6. The summed E-state index contributed by atoms with van der Waals surface area (Å²) in [7, 11) is 3.58. The van der Waals surface area contributed by atoms with Crippen molar-refractivity contribution in [3.05, 3.63) is 64.2 Å². The molecule has 0 saturated carbocycles. The Morgan fingerprint density at radius 2 is 1.89 bits per heavy atom. The van der Waals surface area contributed by atoms with Crippen LogP contribution in [0.2, 0.25) is 0 Å². The van der Waals surface area contributed by atoms with Crippen LogP contribution in [0.4, 0.5) is 5.69 Å². The van der Waals surface area contributed by atoms with E-state index in [-0.39, 0.29) is 34.5 Å². The molecule has 0 spiro atoms. The summed E-state index contributed by atoms with van der Waals surface area (Å²) >= 11 is 0. The van der Waals surface area contributed by atoms with Crippen LogP contribution >= 0.6 is 0 Å². The first kappa shape index (κ1) is 18.6. The van der Waals surface area contributed by atoms with Crippen LogP contribution in [0.15, 0.2) is 48.5 Å². The van der Waals surface area contributed by atoms with Crippen molar-refractivity contribution in [2.75, 3.05) is 14.2 Å². The SMILES string of the molecule is COC(=O)[C@H]1[C@@H](c2ccc(-c3cccc([N+](=O)[O-])c3)cc2)C[C@@H]2CC[C@H]1N2C. The number of nitro groups is 1. The summed E-state index contributed by atoms with van der Waals surface area (Å²) < 4.78 is 5.14. The Morgan fingerprint density at radius 3 is 2.57 bits per heavy atom. The smallest absolute Gasteiger partial charge is 0.310 e. The van der Waals surface area contributed by atoms with Crippen LogP contribution in [0.5, 0.6) is 0 Å². The van der Waals surface area contributed by atoms with E-state index in [0.29, 0.717) is 6.04 Å².